The van der Waals surface area contributed by atoms with Gasteiger partial charge in [0, 0.05) is 11.8 Å². The Hall–Kier alpha value is -0.900. The van der Waals surface area contributed by atoms with E-state index >= 15 is 0 Å². The third-order valence-corrected chi connectivity index (χ3v) is 10.6. The van der Waals surface area contributed by atoms with Crippen molar-refractivity contribution in [3.05, 3.63) is 21.8 Å². The van der Waals surface area contributed by atoms with Crippen LogP contribution < -0.4 is 0 Å². The number of allylic oxidation sites excluding steroid dienone is 2. The third-order valence-electron chi connectivity index (χ3n) is 10.6. The van der Waals surface area contributed by atoms with Gasteiger partial charge >= 0.3 is 0 Å². The Morgan fingerprint density at radius 2 is 1.90 bits per heavy atom. The van der Waals surface area contributed by atoms with Gasteiger partial charge in [0.25, 0.3) is 0 Å². The van der Waals surface area contributed by atoms with Crippen molar-refractivity contribution in [2.75, 3.05) is 0 Å². The fourth-order valence-electron chi connectivity index (χ4n) is 8.69. The zero-order valence-corrected chi connectivity index (χ0v) is 19.6. The van der Waals surface area contributed by atoms with Gasteiger partial charge in [0.2, 0.25) is 6.04 Å². The molecular weight excluding hydrogens is 374 g/mol. The van der Waals surface area contributed by atoms with Crippen molar-refractivity contribution in [2.24, 2.45) is 40.4 Å². The van der Waals surface area contributed by atoms with E-state index in [1.165, 1.54) is 64.7 Å². The van der Waals surface area contributed by atoms with Crippen molar-refractivity contribution in [3.63, 3.8) is 0 Å². The van der Waals surface area contributed by atoms with Crippen LogP contribution in [0.3, 0.4) is 0 Å². The number of rotatable bonds is 6. The Kier molecular flexibility index (Phi) is 6.11. The molecule has 0 radical (unpaired) electrons. The molecule has 3 saturated carbocycles. The lowest BCUT2D eigenvalue weighted by molar-refractivity contribution is -0.530. The summed E-state index contributed by atoms with van der Waals surface area (Å²) >= 11 is 0. The number of hydrogen-bond donors (Lipinski definition) is 1. The highest BCUT2D eigenvalue weighted by Gasteiger charge is 2.58. The van der Waals surface area contributed by atoms with Crippen LogP contribution in [0.1, 0.15) is 98.3 Å². The highest BCUT2D eigenvalue weighted by molar-refractivity contribution is 5.24. The second kappa shape index (κ2) is 8.22. The molecule has 0 aromatic carbocycles. The summed E-state index contributed by atoms with van der Waals surface area (Å²) < 4.78 is 0. The summed E-state index contributed by atoms with van der Waals surface area (Å²) in [7, 11) is 0. The highest BCUT2D eigenvalue weighted by atomic mass is 16.6. The molecule has 4 heteroatoms. The van der Waals surface area contributed by atoms with E-state index in [4.69, 9.17) is 0 Å². The molecule has 0 aromatic heterocycles. The first-order valence-corrected chi connectivity index (χ1v) is 12.7. The molecular formula is C26H43NO3. The first kappa shape index (κ1) is 22.3. The molecule has 0 aliphatic heterocycles. The first-order chi connectivity index (χ1) is 14.2. The monoisotopic (exact) mass is 417 g/mol. The minimum atomic E-state index is -0.862. The van der Waals surface area contributed by atoms with Gasteiger partial charge in [0.1, 0.15) is 6.10 Å². The molecule has 30 heavy (non-hydrogen) atoms. The zero-order chi connectivity index (χ0) is 21.7. The van der Waals surface area contributed by atoms with Crippen LogP contribution in [0.25, 0.3) is 0 Å². The lowest BCUT2D eigenvalue weighted by Crippen LogP contribution is -2.50. The zero-order valence-electron chi connectivity index (χ0n) is 19.6. The molecule has 0 spiro atoms. The largest absolute Gasteiger partial charge is 0.386 e. The maximum Gasteiger partial charge on any atom is 0.235 e. The Bertz CT molecular complexity index is 690. The summed E-state index contributed by atoms with van der Waals surface area (Å²) in [5.74, 6) is 3.81. The SMILES string of the molecule is CC(C(O)CC[C@@H](C)[C@H]1CC[C@H]2[C@@H]3CC=C4CCCC[C@]4(C)[C@H]3CC[C@]12C)[N+](=O)[O-]. The normalized spacial score (nSPS) is 43.6. The van der Waals surface area contributed by atoms with Crippen LogP contribution in [-0.4, -0.2) is 22.2 Å². The van der Waals surface area contributed by atoms with E-state index in [1.807, 2.05) is 0 Å². The predicted molar refractivity (Wildman–Crippen MR) is 121 cm³/mol. The quantitative estimate of drug-likeness (QED) is 0.309. The minimum Gasteiger partial charge on any atom is -0.386 e. The summed E-state index contributed by atoms with van der Waals surface area (Å²) in [6, 6.07) is -0.862. The van der Waals surface area contributed by atoms with Crippen molar-refractivity contribution < 1.29 is 10.0 Å². The van der Waals surface area contributed by atoms with E-state index in [1.54, 1.807) is 5.57 Å². The summed E-state index contributed by atoms with van der Waals surface area (Å²) in [4.78, 5) is 10.6. The standard InChI is InChI=1S/C26H43NO3/c1-17(8-13-24(28)18(2)27(29)30)21-11-12-22-20-10-9-19-7-5-6-15-25(19,3)23(20)14-16-26(21,22)4/h9,17-18,20-24,28H,5-8,10-16H2,1-4H3/t17-,18?,20+,21-,22+,23+,24?,25+,26-/m1/s1. The number of nitrogens with zero attached hydrogens (tertiary/aromatic N) is 1. The van der Waals surface area contributed by atoms with Crippen LogP contribution >= 0.6 is 0 Å². The van der Waals surface area contributed by atoms with Crippen molar-refractivity contribution >= 4 is 0 Å². The molecule has 2 unspecified atom stereocenters. The van der Waals surface area contributed by atoms with Gasteiger partial charge in [-0.1, -0.05) is 38.8 Å². The summed E-state index contributed by atoms with van der Waals surface area (Å²) in [5.41, 5.74) is 2.67. The summed E-state index contributed by atoms with van der Waals surface area (Å²) in [5, 5.41) is 21.2. The van der Waals surface area contributed by atoms with E-state index < -0.39 is 12.1 Å². The predicted octanol–water partition coefficient (Wildman–Crippen LogP) is 6.40. The molecule has 0 amide bonds. The summed E-state index contributed by atoms with van der Waals surface area (Å²) in [6.07, 6.45) is 15.5. The van der Waals surface area contributed by atoms with Gasteiger partial charge in [-0.05, 0) is 105 Å². The van der Waals surface area contributed by atoms with Crippen LogP contribution in [0.2, 0.25) is 0 Å². The maximum atomic E-state index is 11.0. The van der Waals surface area contributed by atoms with Crippen LogP contribution in [0.4, 0.5) is 0 Å². The molecule has 3 fully saturated rings. The van der Waals surface area contributed by atoms with Crippen LogP contribution in [0, 0.1) is 50.5 Å². The Morgan fingerprint density at radius 3 is 2.63 bits per heavy atom. The fourth-order valence-corrected chi connectivity index (χ4v) is 8.69. The average Bonchev–Trinajstić information content (AvgIpc) is 3.07. The van der Waals surface area contributed by atoms with Crippen molar-refractivity contribution in [2.45, 2.75) is 110 Å². The number of aliphatic hydroxyl groups excluding tert-OH is 1. The van der Waals surface area contributed by atoms with E-state index in [0.29, 0.717) is 29.1 Å². The van der Waals surface area contributed by atoms with Crippen LogP contribution in [0.5, 0.6) is 0 Å². The van der Waals surface area contributed by atoms with Crippen molar-refractivity contribution in [1.29, 1.82) is 0 Å². The van der Waals surface area contributed by atoms with Gasteiger partial charge in [-0.25, -0.2) is 0 Å². The molecule has 4 aliphatic carbocycles. The number of fused-ring (bicyclic) bond motifs is 5. The molecule has 1 N–H and O–H groups in total. The molecule has 0 bridgehead atoms. The molecule has 0 heterocycles. The maximum absolute atomic E-state index is 11.0. The van der Waals surface area contributed by atoms with Gasteiger partial charge in [0.05, 0.1) is 0 Å². The fraction of sp³-hybridized carbons (Fsp3) is 0.923. The van der Waals surface area contributed by atoms with E-state index in [0.717, 1.165) is 24.2 Å². The van der Waals surface area contributed by atoms with Crippen molar-refractivity contribution in [3.8, 4) is 0 Å². The van der Waals surface area contributed by atoms with Crippen LogP contribution in [0.15, 0.2) is 11.6 Å². The molecule has 4 rings (SSSR count). The second-order valence-electron chi connectivity index (χ2n) is 11.8. The summed E-state index contributed by atoms with van der Waals surface area (Å²) in [6.45, 7) is 9.03. The van der Waals surface area contributed by atoms with E-state index in [2.05, 4.69) is 26.8 Å². The molecule has 170 valence electrons. The molecule has 4 nitrogen and oxygen atoms in total. The minimum absolute atomic E-state index is 0.347. The molecule has 4 aliphatic rings. The van der Waals surface area contributed by atoms with Gasteiger partial charge in [-0.15, -0.1) is 0 Å². The lowest BCUT2D eigenvalue weighted by Gasteiger charge is -2.58. The Balaban J connectivity index is 1.45. The third kappa shape index (κ3) is 3.55. The Morgan fingerprint density at radius 1 is 1.13 bits per heavy atom. The first-order valence-electron chi connectivity index (χ1n) is 12.7. The second-order valence-corrected chi connectivity index (χ2v) is 11.8. The van der Waals surface area contributed by atoms with E-state index in [9.17, 15) is 15.2 Å². The smallest absolute Gasteiger partial charge is 0.235 e. The topological polar surface area (TPSA) is 63.4 Å². The molecule has 0 aromatic rings. The molecule has 9 atom stereocenters. The number of nitro groups is 1. The van der Waals surface area contributed by atoms with E-state index in [-0.39, 0.29) is 4.92 Å². The van der Waals surface area contributed by atoms with Gasteiger partial charge < -0.3 is 5.11 Å². The number of hydrogen-bond acceptors (Lipinski definition) is 3. The van der Waals surface area contributed by atoms with Gasteiger partial charge in [0.15, 0.2) is 0 Å². The van der Waals surface area contributed by atoms with Crippen LogP contribution in [-0.2, 0) is 0 Å². The van der Waals surface area contributed by atoms with Gasteiger partial charge in [-0.3, -0.25) is 10.1 Å². The molecule has 0 saturated heterocycles. The highest BCUT2D eigenvalue weighted by Crippen LogP contribution is 2.67. The Labute approximate surface area is 183 Å². The number of aliphatic hydroxyl groups is 1. The average molecular weight is 418 g/mol. The van der Waals surface area contributed by atoms with Crippen molar-refractivity contribution in [1.82, 2.24) is 0 Å². The van der Waals surface area contributed by atoms with Gasteiger partial charge in [-0.2, -0.15) is 0 Å². The lowest BCUT2D eigenvalue weighted by atomic mass is 9.47.